The monoisotopic (exact) mass is 282 g/mol. The molecule has 0 saturated carbocycles. The molecule has 0 fully saturated rings. The molecule has 0 radical (unpaired) electrons. The molecule has 0 bridgehead atoms. The van der Waals surface area contributed by atoms with Gasteiger partial charge in [0.1, 0.15) is 0 Å². The molecular formula is C10H22N2O5S. The molecule has 18 heavy (non-hydrogen) atoms. The van der Waals surface area contributed by atoms with Crippen LogP contribution in [0.2, 0.25) is 0 Å². The number of hydrogen-bond acceptors (Lipinski definition) is 5. The molecule has 0 aliphatic carbocycles. The Kier molecular flexibility index (Phi) is 6.76. The number of rotatable bonds is 8. The maximum atomic E-state index is 11.5. The molecule has 0 heterocycles. The van der Waals surface area contributed by atoms with Crippen molar-refractivity contribution >= 4 is 16.0 Å². The minimum absolute atomic E-state index is 0.168. The summed E-state index contributed by atoms with van der Waals surface area (Å²) in [4.78, 5) is 11.5. The van der Waals surface area contributed by atoms with Crippen molar-refractivity contribution in [1.29, 1.82) is 0 Å². The number of aliphatic hydroxyl groups is 1. The van der Waals surface area contributed by atoms with Gasteiger partial charge in [0.05, 0.1) is 17.4 Å². The molecule has 0 aliphatic heterocycles. The molecule has 7 nitrogen and oxygen atoms in total. The zero-order chi connectivity index (χ0) is 14.4. The summed E-state index contributed by atoms with van der Waals surface area (Å²) < 4.78 is 30.2. The second kappa shape index (κ2) is 7.03. The van der Waals surface area contributed by atoms with E-state index in [1.54, 1.807) is 6.92 Å². The van der Waals surface area contributed by atoms with Crippen LogP contribution in [0.3, 0.4) is 0 Å². The standard InChI is InChI=1S/C10H22N2O5S/c1-8(13)6-11-5-4-9(14)12-10(2,3)7-18(15,16)17/h8,11,13H,4-7H2,1-3H3,(H,12,14)(H,15,16,17). The fourth-order valence-electron chi connectivity index (χ4n) is 1.44. The van der Waals surface area contributed by atoms with Crippen molar-refractivity contribution in [3.8, 4) is 0 Å². The van der Waals surface area contributed by atoms with Crippen LogP contribution < -0.4 is 10.6 Å². The molecule has 0 spiro atoms. The molecule has 1 atom stereocenters. The molecule has 1 unspecified atom stereocenters. The summed E-state index contributed by atoms with van der Waals surface area (Å²) >= 11 is 0. The van der Waals surface area contributed by atoms with Crippen LogP contribution in [0.15, 0.2) is 0 Å². The van der Waals surface area contributed by atoms with Crippen LogP contribution in [0, 0.1) is 0 Å². The van der Waals surface area contributed by atoms with Gasteiger partial charge in [-0.25, -0.2) is 0 Å². The third kappa shape index (κ3) is 10.5. The Morgan fingerprint density at radius 1 is 1.39 bits per heavy atom. The lowest BCUT2D eigenvalue weighted by molar-refractivity contribution is -0.122. The van der Waals surface area contributed by atoms with Crippen LogP contribution in [0.5, 0.6) is 0 Å². The average molecular weight is 282 g/mol. The van der Waals surface area contributed by atoms with E-state index in [-0.39, 0.29) is 12.3 Å². The van der Waals surface area contributed by atoms with Crippen molar-refractivity contribution in [3.05, 3.63) is 0 Å². The van der Waals surface area contributed by atoms with Crippen molar-refractivity contribution in [2.24, 2.45) is 0 Å². The van der Waals surface area contributed by atoms with Gasteiger partial charge in [-0.05, 0) is 20.8 Å². The smallest absolute Gasteiger partial charge is 0.267 e. The van der Waals surface area contributed by atoms with E-state index in [1.807, 2.05) is 0 Å². The second-order valence-corrected chi connectivity index (χ2v) is 6.41. The van der Waals surface area contributed by atoms with E-state index >= 15 is 0 Å². The van der Waals surface area contributed by atoms with E-state index in [0.29, 0.717) is 13.1 Å². The summed E-state index contributed by atoms with van der Waals surface area (Å²) in [5.74, 6) is -0.853. The molecule has 108 valence electrons. The highest BCUT2D eigenvalue weighted by atomic mass is 32.2. The first-order chi connectivity index (χ1) is 8.02. The number of carbonyl (C=O) groups is 1. The van der Waals surface area contributed by atoms with E-state index < -0.39 is 27.5 Å². The van der Waals surface area contributed by atoms with Crippen molar-refractivity contribution in [1.82, 2.24) is 10.6 Å². The lowest BCUT2D eigenvalue weighted by Crippen LogP contribution is -2.48. The van der Waals surface area contributed by atoms with Crippen LogP contribution in [-0.2, 0) is 14.9 Å². The molecule has 0 aromatic carbocycles. The first-order valence-corrected chi connectivity index (χ1v) is 7.28. The van der Waals surface area contributed by atoms with Crippen molar-refractivity contribution in [2.75, 3.05) is 18.8 Å². The minimum Gasteiger partial charge on any atom is -0.392 e. The Morgan fingerprint density at radius 2 is 1.94 bits per heavy atom. The van der Waals surface area contributed by atoms with Crippen molar-refractivity contribution < 1.29 is 22.9 Å². The number of amides is 1. The Labute approximate surface area is 108 Å². The molecule has 8 heteroatoms. The van der Waals surface area contributed by atoms with Crippen LogP contribution in [0.4, 0.5) is 0 Å². The molecular weight excluding hydrogens is 260 g/mol. The lowest BCUT2D eigenvalue weighted by Gasteiger charge is -2.24. The van der Waals surface area contributed by atoms with Crippen LogP contribution >= 0.6 is 0 Å². The topological polar surface area (TPSA) is 116 Å². The number of carbonyl (C=O) groups excluding carboxylic acids is 1. The van der Waals surface area contributed by atoms with Gasteiger partial charge in [0.15, 0.2) is 0 Å². The highest BCUT2D eigenvalue weighted by Gasteiger charge is 2.26. The minimum atomic E-state index is -4.13. The summed E-state index contributed by atoms with van der Waals surface area (Å²) in [7, 11) is -4.13. The van der Waals surface area contributed by atoms with Gasteiger partial charge < -0.3 is 15.7 Å². The Hall–Kier alpha value is -0.700. The maximum Gasteiger partial charge on any atom is 0.267 e. The number of aliphatic hydroxyl groups excluding tert-OH is 1. The van der Waals surface area contributed by atoms with Gasteiger partial charge in [-0.3, -0.25) is 9.35 Å². The normalized spacial score (nSPS) is 14.3. The SMILES string of the molecule is CC(O)CNCCC(=O)NC(C)(C)CS(=O)(=O)O. The molecule has 0 aromatic rings. The predicted molar refractivity (Wildman–Crippen MR) is 67.8 cm³/mol. The van der Waals surface area contributed by atoms with E-state index in [0.717, 1.165) is 0 Å². The molecule has 1 amide bonds. The molecule has 0 rings (SSSR count). The summed E-state index contributed by atoms with van der Waals surface area (Å²) in [5.41, 5.74) is -1.02. The fraction of sp³-hybridized carbons (Fsp3) is 0.900. The van der Waals surface area contributed by atoms with Crippen molar-refractivity contribution in [2.45, 2.75) is 38.8 Å². The Morgan fingerprint density at radius 3 is 2.39 bits per heavy atom. The summed E-state index contributed by atoms with van der Waals surface area (Å²) in [6.45, 7) is 5.44. The van der Waals surface area contributed by atoms with E-state index in [9.17, 15) is 13.2 Å². The lowest BCUT2D eigenvalue weighted by atomic mass is 10.1. The summed E-state index contributed by atoms with van der Waals surface area (Å²) in [6.07, 6.45) is -0.314. The van der Waals surface area contributed by atoms with E-state index in [4.69, 9.17) is 9.66 Å². The zero-order valence-corrected chi connectivity index (χ0v) is 11.7. The van der Waals surface area contributed by atoms with Crippen LogP contribution in [-0.4, -0.2) is 54.5 Å². The van der Waals surface area contributed by atoms with Crippen molar-refractivity contribution in [3.63, 3.8) is 0 Å². The van der Waals surface area contributed by atoms with Gasteiger partial charge in [-0.15, -0.1) is 0 Å². The number of hydrogen-bond donors (Lipinski definition) is 4. The third-order valence-electron chi connectivity index (χ3n) is 1.99. The second-order valence-electron chi connectivity index (χ2n) is 4.96. The van der Waals surface area contributed by atoms with Crippen LogP contribution in [0.1, 0.15) is 27.2 Å². The van der Waals surface area contributed by atoms with Gasteiger partial charge in [-0.2, -0.15) is 8.42 Å². The van der Waals surface area contributed by atoms with Crippen LogP contribution in [0.25, 0.3) is 0 Å². The summed E-state index contributed by atoms with van der Waals surface area (Å²) in [5, 5.41) is 14.4. The van der Waals surface area contributed by atoms with Gasteiger partial charge in [-0.1, -0.05) is 0 Å². The highest BCUT2D eigenvalue weighted by molar-refractivity contribution is 7.85. The zero-order valence-electron chi connectivity index (χ0n) is 10.9. The highest BCUT2D eigenvalue weighted by Crippen LogP contribution is 2.05. The van der Waals surface area contributed by atoms with Gasteiger partial charge in [0.2, 0.25) is 5.91 Å². The number of nitrogens with one attached hydrogen (secondary N) is 2. The van der Waals surface area contributed by atoms with E-state index in [2.05, 4.69) is 10.6 Å². The van der Waals surface area contributed by atoms with Gasteiger partial charge >= 0.3 is 0 Å². The third-order valence-corrected chi connectivity index (χ3v) is 3.08. The first kappa shape index (κ1) is 17.3. The predicted octanol–water partition coefficient (Wildman–Crippen LogP) is -0.870. The molecule has 0 aliphatic rings. The quantitative estimate of drug-likeness (QED) is 0.340. The first-order valence-electron chi connectivity index (χ1n) is 5.67. The van der Waals surface area contributed by atoms with Gasteiger partial charge in [0.25, 0.3) is 10.1 Å². The Balaban J connectivity index is 4.00. The van der Waals surface area contributed by atoms with E-state index in [1.165, 1.54) is 13.8 Å². The summed E-state index contributed by atoms with van der Waals surface area (Å²) in [6, 6.07) is 0. The Bertz CT molecular complexity index is 364. The molecule has 0 aromatic heterocycles. The fourth-order valence-corrected chi connectivity index (χ4v) is 2.43. The largest absolute Gasteiger partial charge is 0.392 e. The molecule has 4 N–H and O–H groups in total. The van der Waals surface area contributed by atoms with Gasteiger partial charge in [0, 0.05) is 19.5 Å². The molecule has 0 saturated heterocycles. The average Bonchev–Trinajstić information content (AvgIpc) is 2.06. The maximum absolute atomic E-state index is 11.5.